The number of halogens is 1. The summed E-state index contributed by atoms with van der Waals surface area (Å²) in [5, 5.41) is 0. The fraction of sp³-hybridized carbons (Fsp3) is 0.409. The third kappa shape index (κ3) is 4.14. The molecule has 2 aliphatic rings. The van der Waals surface area contributed by atoms with E-state index in [1.807, 2.05) is 29.2 Å². The van der Waals surface area contributed by atoms with Crippen LogP contribution in [0.25, 0.3) is 0 Å². The molecule has 2 aromatic carbocycles. The number of rotatable bonds is 4. The standard InChI is InChI=1S/C22H26FN3O/c23-19-7-9-20(10-8-19)25-16-14-24(15-17-25)13-11-22(27)26-12-3-5-18-4-1-2-6-21(18)26/h1-2,4,6-10H,3,5,11-17H2. The Morgan fingerprint density at radius 2 is 1.67 bits per heavy atom. The van der Waals surface area contributed by atoms with Gasteiger partial charge >= 0.3 is 0 Å². The summed E-state index contributed by atoms with van der Waals surface area (Å²) in [5.41, 5.74) is 3.44. The number of para-hydroxylation sites is 1. The monoisotopic (exact) mass is 367 g/mol. The van der Waals surface area contributed by atoms with Gasteiger partial charge in [0, 0.05) is 57.1 Å². The minimum Gasteiger partial charge on any atom is -0.369 e. The van der Waals surface area contributed by atoms with Gasteiger partial charge in [-0.3, -0.25) is 9.69 Å². The van der Waals surface area contributed by atoms with E-state index in [4.69, 9.17) is 0 Å². The Kier molecular flexibility index (Phi) is 5.39. The van der Waals surface area contributed by atoms with Crippen LogP contribution in [0.5, 0.6) is 0 Å². The molecule has 1 saturated heterocycles. The van der Waals surface area contributed by atoms with Crippen molar-refractivity contribution in [2.75, 3.05) is 49.1 Å². The number of carbonyl (C=O) groups excluding carboxylic acids is 1. The molecule has 0 aromatic heterocycles. The second-order valence-electron chi connectivity index (χ2n) is 7.33. The number of benzene rings is 2. The van der Waals surface area contributed by atoms with Gasteiger partial charge in [0.15, 0.2) is 0 Å². The lowest BCUT2D eigenvalue weighted by atomic mass is 10.0. The van der Waals surface area contributed by atoms with Gasteiger partial charge in [0.1, 0.15) is 5.82 Å². The molecule has 2 heterocycles. The molecule has 0 radical (unpaired) electrons. The third-order valence-electron chi connectivity index (χ3n) is 5.62. The molecule has 2 aliphatic heterocycles. The first-order valence-electron chi connectivity index (χ1n) is 9.82. The van der Waals surface area contributed by atoms with Crippen LogP contribution in [0.15, 0.2) is 48.5 Å². The molecular weight excluding hydrogens is 341 g/mol. The number of anilines is 2. The molecule has 0 unspecified atom stereocenters. The number of amides is 1. The highest BCUT2D eigenvalue weighted by atomic mass is 19.1. The summed E-state index contributed by atoms with van der Waals surface area (Å²) in [6.45, 7) is 5.31. The van der Waals surface area contributed by atoms with E-state index in [0.717, 1.165) is 63.5 Å². The van der Waals surface area contributed by atoms with Crippen molar-refractivity contribution in [3.8, 4) is 0 Å². The Morgan fingerprint density at radius 3 is 2.44 bits per heavy atom. The van der Waals surface area contributed by atoms with Crippen LogP contribution >= 0.6 is 0 Å². The number of hydrogen-bond acceptors (Lipinski definition) is 3. The molecule has 2 aromatic rings. The van der Waals surface area contributed by atoms with E-state index in [1.165, 1.54) is 17.7 Å². The summed E-state index contributed by atoms with van der Waals surface area (Å²) in [4.78, 5) is 19.4. The van der Waals surface area contributed by atoms with Gasteiger partial charge < -0.3 is 9.80 Å². The van der Waals surface area contributed by atoms with Crippen LogP contribution in [0.4, 0.5) is 15.8 Å². The molecule has 0 spiro atoms. The first-order chi connectivity index (χ1) is 13.2. The number of carbonyl (C=O) groups is 1. The van der Waals surface area contributed by atoms with Gasteiger partial charge in [-0.25, -0.2) is 4.39 Å². The van der Waals surface area contributed by atoms with E-state index in [2.05, 4.69) is 21.9 Å². The summed E-state index contributed by atoms with van der Waals surface area (Å²) >= 11 is 0. The zero-order valence-electron chi connectivity index (χ0n) is 15.6. The average Bonchev–Trinajstić information content (AvgIpc) is 2.72. The van der Waals surface area contributed by atoms with Gasteiger partial charge in [0.2, 0.25) is 5.91 Å². The largest absolute Gasteiger partial charge is 0.369 e. The predicted octanol–water partition coefficient (Wildman–Crippen LogP) is 3.32. The fourth-order valence-corrected chi connectivity index (χ4v) is 4.06. The average molecular weight is 367 g/mol. The highest BCUT2D eigenvalue weighted by Gasteiger charge is 2.23. The SMILES string of the molecule is O=C(CCN1CCN(c2ccc(F)cc2)CC1)N1CCCc2ccccc21. The zero-order chi connectivity index (χ0) is 18.6. The van der Waals surface area contributed by atoms with E-state index in [-0.39, 0.29) is 11.7 Å². The molecule has 0 N–H and O–H groups in total. The molecule has 27 heavy (non-hydrogen) atoms. The van der Waals surface area contributed by atoms with Gasteiger partial charge in [0.25, 0.3) is 0 Å². The van der Waals surface area contributed by atoms with Crippen molar-refractivity contribution in [3.05, 3.63) is 59.9 Å². The highest BCUT2D eigenvalue weighted by molar-refractivity contribution is 5.94. The summed E-state index contributed by atoms with van der Waals surface area (Å²) in [6.07, 6.45) is 2.66. The van der Waals surface area contributed by atoms with Crippen LogP contribution in [0.3, 0.4) is 0 Å². The first-order valence-corrected chi connectivity index (χ1v) is 9.82. The van der Waals surface area contributed by atoms with Crippen molar-refractivity contribution in [1.82, 2.24) is 4.90 Å². The maximum absolute atomic E-state index is 13.1. The van der Waals surface area contributed by atoms with Crippen LogP contribution in [-0.2, 0) is 11.2 Å². The summed E-state index contributed by atoms with van der Waals surface area (Å²) in [5.74, 6) is 0.0262. The zero-order valence-corrected chi connectivity index (χ0v) is 15.6. The lowest BCUT2D eigenvalue weighted by molar-refractivity contribution is -0.119. The van der Waals surface area contributed by atoms with Crippen molar-refractivity contribution in [1.29, 1.82) is 0 Å². The molecule has 0 aliphatic carbocycles. The lowest BCUT2D eigenvalue weighted by Crippen LogP contribution is -2.47. The Bertz CT molecular complexity index is 784. The molecule has 1 fully saturated rings. The molecule has 4 rings (SSSR count). The van der Waals surface area contributed by atoms with Gasteiger partial charge in [-0.05, 0) is 48.7 Å². The third-order valence-corrected chi connectivity index (χ3v) is 5.62. The molecular formula is C22H26FN3O. The molecule has 0 atom stereocenters. The van der Waals surface area contributed by atoms with E-state index >= 15 is 0 Å². The van der Waals surface area contributed by atoms with Gasteiger partial charge in [0.05, 0.1) is 0 Å². The highest BCUT2D eigenvalue weighted by Crippen LogP contribution is 2.27. The van der Waals surface area contributed by atoms with E-state index in [9.17, 15) is 9.18 Å². The normalized spacial score (nSPS) is 17.7. The quantitative estimate of drug-likeness (QED) is 0.829. The topological polar surface area (TPSA) is 26.8 Å². The van der Waals surface area contributed by atoms with Crippen LogP contribution in [0.2, 0.25) is 0 Å². The Hall–Kier alpha value is -2.40. The number of hydrogen-bond donors (Lipinski definition) is 0. The number of piperazine rings is 1. The number of fused-ring (bicyclic) bond motifs is 1. The Labute approximate surface area is 160 Å². The minimum atomic E-state index is -0.199. The number of aryl methyl sites for hydroxylation is 1. The van der Waals surface area contributed by atoms with Gasteiger partial charge in [-0.2, -0.15) is 0 Å². The lowest BCUT2D eigenvalue weighted by Gasteiger charge is -2.36. The van der Waals surface area contributed by atoms with Crippen molar-refractivity contribution in [3.63, 3.8) is 0 Å². The Morgan fingerprint density at radius 1 is 0.926 bits per heavy atom. The maximum Gasteiger partial charge on any atom is 0.228 e. The molecule has 4 nitrogen and oxygen atoms in total. The van der Waals surface area contributed by atoms with Crippen molar-refractivity contribution in [2.24, 2.45) is 0 Å². The molecule has 142 valence electrons. The van der Waals surface area contributed by atoms with Crippen molar-refractivity contribution in [2.45, 2.75) is 19.3 Å². The Balaban J connectivity index is 1.28. The van der Waals surface area contributed by atoms with E-state index in [1.54, 1.807) is 0 Å². The van der Waals surface area contributed by atoms with Crippen LogP contribution in [0, 0.1) is 5.82 Å². The fourth-order valence-electron chi connectivity index (χ4n) is 4.06. The predicted molar refractivity (Wildman–Crippen MR) is 107 cm³/mol. The smallest absolute Gasteiger partial charge is 0.228 e. The van der Waals surface area contributed by atoms with Crippen molar-refractivity contribution < 1.29 is 9.18 Å². The van der Waals surface area contributed by atoms with Crippen LogP contribution in [0.1, 0.15) is 18.4 Å². The molecule has 1 amide bonds. The van der Waals surface area contributed by atoms with E-state index in [0.29, 0.717) is 6.42 Å². The minimum absolute atomic E-state index is 0.199. The molecule has 0 bridgehead atoms. The summed E-state index contributed by atoms with van der Waals surface area (Å²) < 4.78 is 13.1. The maximum atomic E-state index is 13.1. The van der Waals surface area contributed by atoms with Crippen LogP contribution in [-0.4, -0.2) is 50.1 Å². The van der Waals surface area contributed by atoms with Crippen LogP contribution < -0.4 is 9.80 Å². The second-order valence-corrected chi connectivity index (χ2v) is 7.33. The van der Waals surface area contributed by atoms with Crippen molar-refractivity contribution >= 4 is 17.3 Å². The summed E-state index contributed by atoms with van der Waals surface area (Å²) in [6, 6.07) is 14.9. The van der Waals surface area contributed by atoms with Gasteiger partial charge in [-0.1, -0.05) is 18.2 Å². The molecule has 0 saturated carbocycles. The second kappa shape index (κ2) is 8.09. The molecule has 5 heteroatoms. The van der Waals surface area contributed by atoms with E-state index < -0.39 is 0 Å². The van der Waals surface area contributed by atoms with Gasteiger partial charge in [-0.15, -0.1) is 0 Å². The summed E-state index contributed by atoms with van der Waals surface area (Å²) in [7, 11) is 0. The number of nitrogens with zero attached hydrogens (tertiary/aromatic N) is 3. The first kappa shape index (κ1) is 18.0.